The molecule has 9 atom stereocenters. The van der Waals surface area contributed by atoms with Gasteiger partial charge in [-0.25, -0.2) is 13.9 Å². The largest absolute Gasteiger partial charge is 0.483 e. The first-order valence-corrected chi connectivity index (χ1v) is 13.0. The Kier molecular flexibility index (Phi) is 8.67. The summed E-state index contributed by atoms with van der Waals surface area (Å²) in [6.45, 7) is 0.774. The number of aromatic nitrogens is 2. The molecule has 0 radical (unpaired) electrons. The average Bonchev–Trinajstić information content (AvgIpc) is 3.00. The van der Waals surface area contributed by atoms with E-state index in [0.29, 0.717) is 6.42 Å². The summed E-state index contributed by atoms with van der Waals surface area (Å²) in [5, 5.41) is 20.3. The van der Waals surface area contributed by atoms with E-state index in [0.717, 1.165) is 16.8 Å². The Morgan fingerprint density at radius 2 is 1.85 bits per heavy atom. The van der Waals surface area contributed by atoms with Gasteiger partial charge in [0.05, 0.1) is 18.8 Å². The van der Waals surface area contributed by atoms with Gasteiger partial charge >= 0.3 is 21.3 Å². The number of hydrogen-bond acceptors (Lipinski definition) is 12. The second-order valence-electron chi connectivity index (χ2n) is 7.61. The first-order chi connectivity index (χ1) is 15.8. The number of aliphatic hydroxyl groups excluding tert-OH is 2. The van der Waals surface area contributed by atoms with Crippen LogP contribution >= 0.6 is 15.6 Å². The van der Waals surface area contributed by atoms with Crippen LogP contribution in [0.5, 0.6) is 0 Å². The highest BCUT2D eigenvalue weighted by molar-refractivity contribution is 7.61. The molecule has 16 nitrogen and oxygen atoms in total. The predicted octanol–water partition coefficient (Wildman–Crippen LogP) is -1.05. The highest BCUT2D eigenvalue weighted by Crippen LogP contribution is 2.61. The number of aromatic amines is 1. The Balaban J connectivity index is 1.56. The SMILES string of the molecule is CO[C@H]1CCC(OP(=O)(O)OP(=O)(O)OC[C@H]2O[C@@H](n3ccc(=O)[nH]c3=O)[C@H](O)[C@@H]2O)O[C@H]1C. The lowest BCUT2D eigenvalue weighted by molar-refractivity contribution is -0.191. The van der Waals surface area contributed by atoms with Gasteiger partial charge in [0.25, 0.3) is 5.56 Å². The van der Waals surface area contributed by atoms with Crippen LogP contribution in [-0.2, 0) is 36.7 Å². The van der Waals surface area contributed by atoms with Crippen molar-refractivity contribution in [1.29, 1.82) is 0 Å². The molecule has 2 aliphatic rings. The Hall–Kier alpha value is -1.26. The van der Waals surface area contributed by atoms with Gasteiger partial charge in [-0.1, -0.05) is 0 Å². The van der Waals surface area contributed by atoms with E-state index in [1.165, 1.54) is 7.11 Å². The van der Waals surface area contributed by atoms with E-state index >= 15 is 0 Å². The average molecular weight is 532 g/mol. The summed E-state index contributed by atoms with van der Waals surface area (Å²) in [4.78, 5) is 44.7. The van der Waals surface area contributed by atoms with Gasteiger partial charge in [-0.15, -0.1) is 0 Å². The fourth-order valence-electron chi connectivity index (χ4n) is 3.53. The van der Waals surface area contributed by atoms with Crippen molar-refractivity contribution in [3.8, 4) is 0 Å². The number of nitrogens with one attached hydrogen (secondary N) is 1. The molecular weight excluding hydrogens is 506 g/mol. The lowest BCUT2D eigenvalue weighted by Crippen LogP contribution is -2.38. The van der Waals surface area contributed by atoms with Crippen LogP contribution < -0.4 is 11.2 Å². The summed E-state index contributed by atoms with van der Waals surface area (Å²) >= 11 is 0. The maximum absolute atomic E-state index is 12.2. The van der Waals surface area contributed by atoms with Crippen LogP contribution in [0.25, 0.3) is 0 Å². The minimum Gasteiger partial charge on any atom is -0.387 e. The number of hydrogen-bond donors (Lipinski definition) is 5. The van der Waals surface area contributed by atoms with E-state index in [2.05, 4.69) is 8.83 Å². The second-order valence-corrected chi connectivity index (χ2v) is 10.6. The van der Waals surface area contributed by atoms with Crippen molar-refractivity contribution in [2.75, 3.05) is 13.7 Å². The first-order valence-electron chi connectivity index (χ1n) is 10.0. The molecule has 0 aromatic carbocycles. The smallest absolute Gasteiger partial charge is 0.387 e. The molecule has 18 heteroatoms. The molecule has 34 heavy (non-hydrogen) atoms. The molecule has 3 heterocycles. The molecule has 1 aromatic heterocycles. The van der Waals surface area contributed by atoms with Crippen molar-refractivity contribution in [3.05, 3.63) is 33.1 Å². The van der Waals surface area contributed by atoms with E-state index in [-0.39, 0.29) is 12.5 Å². The molecule has 194 valence electrons. The van der Waals surface area contributed by atoms with E-state index < -0.39 is 70.4 Å². The van der Waals surface area contributed by atoms with Crippen molar-refractivity contribution >= 4 is 15.6 Å². The summed E-state index contributed by atoms with van der Waals surface area (Å²) in [5.41, 5.74) is -1.63. The van der Waals surface area contributed by atoms with Crippen molar-refractivity contribution in [3.63, 3.8) is 0 Å². The summed E-state index contributed by atoms with van der Waals surface area (Å²) < 4.78 is 54.7. The number of ether oxygens (including phenoxy) is 3. The van der Waals surface area contributed by atoms with Crippen molar-refractivity contribution < 1.29 is 56.7 Å². The molecule has 5 N–H and O–H groups in total. The summed E-state index contributed by atoms with van der Waals surface area (Å²) in [6.07, 6.45) is -6.59. The molecule has 0 saturated carbocycles. The standard InChI is InChI=1S/C16H26N2O14P2/c1-8-9(27-2)3-4-12(29-8)31-34(25,26)32-33(23,24)28-7-10-13(20)14(21)15(30-10)18-6-5-11(19)17-16(18)22/h5-6,8-10,12-15,20-21H,3-4,7H2,1-2H3,(H,23,24)(H,25,26)(H,17,19,22)/t8-,9-,10+,12?,13+,14+,15+/m0/s1. The lowest BCUT2D eigenvalue weighted by Gasteiger charge is -2.33. The predicted molar refractivity (Wildman–Crippen MR) is 109 cm³/mol. The fourth-order valence-corrected chi connectivity index (χ4v) is 5.70. The van der Waals surface area contributed by atoms with Crippen molar-refractivity contribution in [2.24, 2.45) is 0 Å². The third-order valence-electron chi connectivity index (χ3n) is 5.20. The number of nitrogens with zero attached hydrogens (tertiary/aromatic N) is 1. The van der Waals surface area contributed by atoms with Crippen LogP contribution in [-0.4, -0.2) is 80.1 Å². The summed E-state index contributed by atoms with van der Waals surface area (Å²) in [7, 11) is -8.88. The van der Waals surface area contributed by atoms with Gasteiger partial charge in [-0.2, -0.15) is 4.31 Å². The molecule has 3 unspecified atom stereocenters. The fraction of sp³-hybridized carbons (Fsp3) is 0.750. The zero-order valence-electron chi connectivity index (χ0n) is 18.0. The third-order valence-corrected chi connectivity index (χ3v) is 7.83. The number of methoxy groups -OCH3 is 1. The van der Waals surface area contributed by atoms with Crippen LogP contribution in [0.2, 0.25) is 0 Å². The number of H-pyrrole nitrogens is 1. The van der Waals surface area contributed by atoms with E-state index in [9.17, 15) is 38.7 Å². The number of aliphatic hydroxyl groups is 2. The number of phosphoric ester groups is 2. The van der Waals surface area contributed by atoms with Gasteiger partial charge in [0, 0.05) is 25.8 Å². The lowest BCUT2D eigenvalue weighted by atomic mass is 10.1. The Morgan fingerprint density at radius 3 is 2.47 bits per heavy atom. The molecule has 2 aliphatic heterocycles. The number of rotatable bonds is 9. The van der Waals surface area contributed by atoms with E-state index in [4.69, 9.17) is 18.7 Å². The van der Waals surface area contributed by atoms with Gasteiger partial charge in [-0.3, -0.25) is 23.4 Å². The molecule has 0 spiro atoms. The molecule has 2 fully saturated rings. The van der Waals surface area contributed by atoms with Crippen LogP contribution in [0.4, 0.5) is 0 Å². The van der Waals surface area contributed by atoms with Crippen LogP contribution in [0, 0.1) is 0 Å². The summed E-state index contributed by atoms with van der Waals surface area (Å²) in [6, 6.07) is 0.981. The zero-order chi connectivity index (χ0) is 25.3. The monoisotopic (exact) mass is 532 g/mol. The molecular formula is C16H26N2O14P2. The van der Waals surface area contributed by atoms with Crippen LogP contribution in [0.1, 0.15) is 26.0 Å². The Morgan fingerprint density at radius 1 is 1.15 bits per heavy atom. The topological polar surface area (TPSA) is 225 Å². The maximum Gasteiger partial charge on any atom is 0.483 e. The normalized spacial score (nSPS) is 35.5. The first kappa shape index (κ1) is 27.3. The Labute approximate surface area is 192 Å². The molecule has 2 saturated heterocycles. The van der Waals surface area contributed by atoms with E-state index in [1.54, 1.807) is 6.92 Å². The quantitative estimate of drug-likeness (QED) is 0.239. The van der Waals surface area contributed by atoms with Gasteiger partial charge in [-0.05, 0) is 13.3 Å². The van der Waals surface area contributed by atoms with Crippen LogP contribution in [0.15, 0.2) is 21.9 Å². The molecule has 0 aliphatic carbocycles. The molecule has 0 bridgehead atoms. The van der Waals surface area contributed by atoms with Gasteiger partial charge < -0.3 is 34.2 Å². The molecule has 3 rings (SSSR count). The third kappa shape index (κ3) is 6.69. The van der Waals surface area contributed by atoms with Gasteiger partial charge in [0.2, 0.25) is 0 Å². The van der Waals surface area contributed by atoms with Crippen LogP contribution in [0.3, 0.4) is 0 Å². The van der Waals surface area contributed by atoms with Crippen molar-refractivity contribution in [2.45, 2.75) is 62.8 Å². The second kappa shape index (κ2) is 10.8. The van der Waals surface area contributed by atoms with Crippen molar-refractivity contribution in [1.82, 2.24) is 9.55 Å². The molecule has 1 aromatic rings. The zero-order valence-corrected chi connectivity index (χ0v) is 19.8. The minimum absolute atomic E-state index is 0.152. The Bertz CT molecular complexity index is 1060. The molecule has 0 amide bonds. The summed E-state index contributed by atoms with van der Waals surface area (Å²) in [5.74, 6) is 0. The minimum atomic E-state index is -5.23. The van der Waals surface area contributed by atoms with Gasteiger partial charge in [0.15, 0.2) is 12.5 Å². The number of phosphoric acid groups is 2. The van der Waals surface area contributed by atoms with Gasteiger partial charge in [0.1, 0.15) is 18.3 Å². The highest BCUT2D eigenvalue weighted by atomic mass is 31.3. The highest BCUT2D eigenvalue weighted by Gasteiger charge is 2.46. The maximum atomic E-state index is 12.2. The van der Waals surface area contributed by atoms with E-state index in [1.807, 2.05) is 4.98 Å².